The highest BCUT2D eigenvalue weighted by Gasteiger charge is 2.33. The van der Waals surface area contributed by atoms with Gasteiger partial charge in [-0.05, 0) is 85.3 Å². The molecule has 0 amide bonds. The van der Waals surface area contributed by atoms with Crippen molar-refractivity contribution in [3.63, 3.8) is 0 Å². The fourth-order valence-corrected chi connectivity index (χ4v) is 7.96. The van der Waals surface area contributed by atoms with Gasteiger partial charge in [-0.15, -0.1) is 11.8 Å². The van der Waals surface area contributed by atoms with E-state index in [1.165, 1.54) is 11.3 Å². The molecule has 3 heterocycles. The summed E-state index contributed by atoms with van der Waals surface area (Å²) in [7, 11) is 0. The first kappa shape index (κ1) is 32.8. The van der Waals surface area contributed by atoms with Crippen molar-refractivity contribution >= 4 is 51.1 Å². The number of ether oxygens (including phenoxy) is 1. The second kappa shape index (κ2) is 14.0. The Hall–Kier alpha value is -4.70. The van der Waals surface area contributed by atoms with Crippen LogP contribution in [0, 0.1) is 0 Å². The number of benzene rings is 4. The van der Waals surface area contributed by atoms with Gasteiger partial charge in [-0.2, -0.15) is 0 Å². The van der Waals surface area contributed by atoms with Crippen molar-refractivity contribution in [2.24, 2.45) is 4.99 Å². The number of esters is 1. The predicted molar refractivity (Wildman–Crippen MR) is 203 cm³/mol. The number of hydrogen-bond donors (Lipinski definition) is 0. The molecular formula is C40H32BrN3O3S2. The first-order chi connectivity index (χ1) is 23.9. The second-order valence-electron chi connectivity index (χ2n) is 11.5. The molecule has 0 aliphatic carbocycles. The summed E-state index contributed by atoms with van der Waals surface area (Å²) in [6.45, 7) is 3.81. The molecule has 0 radical (unpaired) electrons. The maximum Gasteiger partial charge on any atom is 0.338 e. The number of thioether (sulfide) groups is 1. The summed E-state index contributed by atoms with van der Waals surface area (Å²) in [6.07, 6.45) is 3.98. The number of carbonyl (C=O) groups excluding carboxylic acids is 1. The zero-order valence-electron chi connectivity index (χ0n) is 27.1. The minimum atomic E-state index is -0.672. The molecule has 0 unspecified atom stereocenters. The third-order valence-corrected chi connectivity index (χ3v) is 10.7. The summed E-state index contributed by atoms with van der Waals surface area (Å²) in [5.41, 5.74) is 7.41. The van der Waals surface area contributed by atoms with E-state index in [1.54, 1.807) is 23.3 Å². The molecule has 6 aromatic rings. The molecule has 0 spiro atoms. The summed E-state index contributed by atoms with van der Waals surface area (Å²) >= 11 is 6.56. The van der Waals surface area contributed by atoms with E-state index in [2.05, 4.69) is 63.0 Å². The van der Waals surface area contributed by atoms with Crippen LogP contribution in [0.1, 0.15) is 31.0 Å². The van der Waals surface area contributed by atoms with Gasteiger partial charge in [0, 0.05) is 20.6 Å². The minimum absolute atomic E-state index is 0.214. The molecule has 0 N–H and O–H groups in total. The van der Waals surface area contributed by atoms with Gasteiger partial charge in [0.25, 0.3) is 5.56 Å². The van der Waals surface area contributed by atoms with Gasteiger partial charge in [-0.3, -0.25) is 9.36 Å². The van der Waals surface area contributed by atoms with Crippen LogP contribution < -0.4 is 14.9 Å². The van der Waals surface area contributed by atoms with E-state index >= 15 is 0 Å². The van der Waals surface area contributed by atoms with Crippen LogP contribution in [-0.2, 0) is 9.53 Å². The summed E-state index contributed by atoms with van der Waals surface area (Å²) in [5, 5.41) is 0. The molecule has 1 atom stereocenters. The number of allylic oxidation sites excluding steroid dienone is 1. The highest BCUT2D eigenvalue weighted by atomic mass is 79.9. The Kier molecular flexibility index (Phi) is 9.40. The molecule has 0 bridgehead atoms. The van der Waals surface area contributed by atoms with Gasteiger partial charge >= 0.3 is 5.97 Å². The molecule has 49 heavy (non-hydrogen) atoms. The van der Waals surface area contributed by atoms with Crippen LogP contribution in [0.15, 0.2) is 146 Å². The number of thiazole rings is 1. The topological polar surface area (TPSA) is 65.6 Å². The van der Waals surface area contributed by atoms with Crippen molar-refractivity contribution in [2.45, 2.75) is 24.8 Å². The fraction of sp³-hybridized carbons (Fsp3) is 0.125. The Morgan fingerprint density at radius 2 is 1.59 bits per heavy atom. The largest absolute Gasteiger partial charge is 0.463 e. The van der Waals surface area contributed by atoms with E-state index in [0.29, 0.717) is 20.6 Å². The van der Waals surface area contributed by atoms with E-state index in [0.717, 1.165) is 48.7 Å². The molecule has 0 saturated heterocycles. The number of fused-ring (bicyclic) bond motifs is 1. The van der Waals surface area contributed by atoms with Crippen LogP contribution in [0.5, 0.6) is 0 Å². The molecule has 9 heteroatoms. The number of rotatable bonds is 8. The molecule has 7 rings (SSSR count). The summed E-state index contributed by atoms with van der Waals surface area (Å²) in [6, 6.07) is 38.2. The maximum atomic E-state index is 14.6. The summed E-state index contributed by atoms with van der Waals surface area (Å²) in [5.74, 6) is -0.470. The summed E-state index contributed by atoms with van der Waals surface area (Å²) in [4.78, 5) is 34.4. The smallest absolute Gasteiger partial charge is 0.338 e. The Bertz CT molecular complexity index is 2380. The van der Waals surface area contributed by atoms with E-state index in [4.69, 9.17) is 9.73 Å². The first-order valence-electron chi connectivity index (χ1n) is 15.8. The van der Waals surface area contributed by atoms with E-state index in [1.807, 2.05) is 92.1 Å². The third kappa shape index (κ3) is 6.30. The van der Waals surface area contributed by atoms with Crippen LogP contribution in [0.25, 0.3) is 34.3 Å². The van der Waals surface area contributed by atoms with Crippen LogP contribution >= 0.6 is 39.0 Å². The predicted octanol–water partition coefficient (Wildman–Crippen LogP) is 8.41. The van der Waals surface area contributed by atoms with E-state index in [-0.39, 0.29) is 12.2 Å². The zero-order chi connectivity index (χ0) is 34.1. The molecular weight excluding hydrogens is 714 g/mol. The quantitative estimate of drug-likeness (QED) is 0.116. The number of halogens is 1. The monoisotopic (exact) mass is 745 g/mol. The van der Waals surface area contributed by atoms with Gasteiger partial charge in [-0.25, -0.2) is 9.79 Å². The standard InChI is InChI=1S/C40H32BrN3O3S2/c1-4-47-39(46)35-25(2)42-40-44(37(35)28-15-21-32(48-3)22-16-28)38(45)34(49-40)24-29-23-33(26-11-7-5-8-12-26)43(31-19-17-30(41)18-20-31)36(29)27-13-9-6-10-14-27/h5-24,37H,4H2,1-3H3/b34-24-/t37-/m1/s1. The SMILES string of the molecule is CCOC(=O)C1=C(C)N=c2s/c(=C\c3cc(-c4ccccc4)n(-c4ccc(Br)cc4)c3-c3ccccc3)c(=O)n2[C@@H]1c1ccc(SC)cc1. The molecule has 4 aromatic carbocycles. The minimum Gasteiger partial charge on any atom is -0.463 e. The van der Waals surface area contributed by atoms with Crippen molar-refractivity contribution in [1.29, 1.82) is 0 Å². The van der Waals surface area contributed by atoms with Gasteiger partial charge < -0.3 is 9.30 Å². The number of carbonyl (C=O) groups is 1. The zero-order valence-corrected chi connectivity index (χ0v) is 30.3. The first-order valence-corrected chi connectivity index (χ1v) is 18.7. The fourth-order valence-electron chi connectivity index (χ4n) is 6.25. The van der Waals surface area contributed by atoms with Crippen LogP contribution in [-0.4, -0.2) is 28.0 Å². The average molecular weight is 747 g/mol. The lowest BCUT2D eigenvalue weighted by Gasteiger charge is -2.24. The lowest BCUT2D eigenvalue weighted by Crippen LogP contribution is -2.39. The lowest BCUT2D eigenvalue weighted by molar-refractivity contribution is -0.139. The molecule has 244 valence electrons. The molecule has 1 aliphatic heterocycles. The van der Waals surface area contributed by atoms with Crippen molar-refractivity contribution < 1.29 is 9.53 Å². The Morgan fingerprint density at radius 3 is 2.22 bits per heavy atom. The molecule has 2 aromatic heterocycles. The summed E-state index contributed by atoms with van der Waals surface area (Å²) < 4.78 is 10.9. The van der Waals surface area contributed by atoms with Crippen LogP contribution in [0.4, 0.5) is 0 Å². The molecule has 0 saturated carbocycles. The van der Waals surface area contributed by atoms with Crippen molar-refractivity contribution in [1.82, 2.24) is 9.13 Å². The van der Waals surface area contributed by atoms with Gasteiger partial charge in [0.15, 0.2) is 4.80 Å². The molecule has 0 fully saturated rings. The Morgan fingerprint density at radius 1 is 0.939 bits per heavy atom. The highest BCUT2D eigenvalue weighted by molar-refractivity contribution is 9.10. The number of aromatic nitrogens is 2. The molecule has 1 aliphatic rings. The van der Waals surface area contributed by atoms with Gasteiger partial charge in [0.1, 0.15) is 0 Å². The van der Waals surface area contributed by atoms with Gasteiger partial charge in [0.05, 0.1) is 39.8 Å². The third-order valence-electron chi connectivity index (χ3n) is 8.47. The van der Waals surface area contributed by atoms with Crippen LogP contribution in [0.3, 0.4) is 0 Å². The van der Waals surface area contributed by atoms with E-state index in [9.17, 15) is 9.59 Å². The van der Waals surface area contributed by atoms with Gasteiger partial charge in [0.2, 0.25) is 0 Å². The van der Waals surface area contributed by atoms with Crippen molar-refractivity contribution in [2.75, 3.05) is 12.9 Å². The van der Waals surface area contributed by atoms with Crippen molar-refractivity contribution in [3.8, 4) is 28.2 Å². The Labute approximate surface area is 300 Å². The van der Waals surface area contributed by atoms with Crippen molar-refractivity contribution in [3.05, 3.63) is 162 Å². The highest BCUT2D eigenvalue weighted by Crippen LogP contribution is 2.37. The van der Waals surface area contributed by atoms with E-state index < -0.39 is 12.0 Å². The normalized spacial score (nSPS) is 14.4. The lowest BCUT2D eigenvalue weighted by atomic mass is 9.96. The number of hydrogen-bond acceptors (Lipinski definition) is 6. The number of nitrogens with zero attached hydrogens (tertiary/aromatic N) is 3. The van der Waals surface area contributed by atoms with Gasteiger partial charge in [-0.1, -0.05) is 100 Å². The maximum absolute atomic E-state index is 14.6. The molecule has 6 nitrogen and oxygen atoms in total. The van der Waals surface area contributed by atoms with Crippen LogP contribution in [0.2, 0.25) is 0 Å². The second-order valence-corrected chi connectivity index (χ2v) is 14.3. The Balaban J connectivity index is 1.50. The average Bonchev–Trinajstić information content (AvgIpc) is 3.65.